The summed E-state index contributed by atoms with van der Waals surface area (Å²) >= 11 is 6.28. The predicted octanol–water partition coefficient (Wildman–Crippen LogP) is 3.01. The van der Waals surface area contributed by atoms with Crippen LogP contribution in [0.3, 0.4) is 0 Å². The van der Waals surface area contributed by atoms with Crippen molar-refractivity contribution in [3.8, 4) is 0 Å². The summed E-state index contributed by atoms with van der Waals surface area (Å²) in [5, 5.41) is 0.493. The molecule has 1 aliphatic heterocycles. The third kappa shape index (κ3) is 5.51. The first-order chi connectivity index (χ1) is 14.6. The largest absolute Gasteiger partial charge is 0.309 e. The van der Waals surface area contributed by atoms with Crippen LogP contribution in [0.4, 0.5) is 5.69 Å². The van der Waals surface area contributed by atoms with Gasteiger partial charge in [0.2, 0.25) is 15.9 Å². The molecule has 3 rings (SSSR count). The van der Waals surface area contributed by atoms with Crippen molar-refractivity contribution in [2.24, 2.45) is 10.9 Å². The topological polar surface area (TPSA) is 95.9 Å². The highest BCUT2D eigenvalue weighted by Gasteiger charge is 2.34. The molecule has 2 amide bonds. The zero-order chi connectivity index (χ0) is 22.8. The number of fused-ring (bicyclic) bond motifs is 1. The minimum absolute atomic E-state index is 0.00955. The summed E-state index contributed by atoms with van der Waals surface area (Å²) in [4.78, 5) is 31.8. The van der Waals surface area contributed by atoms with E-state index in [0.29, 0.717) is 22.0 Å². The fourth-order valence-electron chi connectivity index (χ4n) is 3.44. The zero-order valence-corrected chi connectivity index (χ0v) is 19.1. The maximum Gasteiger partial charge on any atom is 0.252 e. The number of anilines is 1. The number of nitrogens with zero attached hydrogens (tertiary/aromatic N) is 2. The highest BCUT2D eigenvalue weighted by atomic mass is 35.5. The molecule has 1 aliphatic rings. The second kappa shape index (κ2) is 9.20. The quantitative estimate of drug-likeness (QED) is 0.715. The van der Waals surface area contributed by atoms with Crippen molar-refractivity contribution in [2.45, 2.75) is 26.3 Å². The van der Waals surface area contributed by atoms with Crippen LogP contribution in [0.15, 0.2) is 53.5 Å². The Morgan fingerprint density at radius 2 is 1.87 bits per heavy atom. The number of carbonyl (C=O) groups is 2. The number of carbonyl (C=O) groups excluding carboxylic acids is 2. The van der Waals surface area contributed by atoms with Crippen molar-refractivity contribution in [1.29, 1.82) is 0 Å². The van der Waals surface area contributed by atoms with Crippen LogP contribution in [0, 0.1) is 5.92 Å². The second-order valence-corrected chi connectivity index (χ2v) is 9.92. The zero-order valence-electron chi connectivity index (χ0n) is 17.5. The normalized spacial score (nSPS) is 16.5. The number of benzene rings is 2. The summed E-state index contributed by atoms with van der Waals surface area (Å²) in [5.74, 6) is -1.03. The van der Waals surface area contributed by atoms with Crippen molar-refractivity contribution >= 4 is 44.8 Å². The molecule has 0 saturated heterocycles. The minimum atomic E-state index is -3.68. The highest BCUT2D eigenvalue weighted by molar-refractivity contribution is 7.89. The van der Waals surface area contributed by atoms with E-state index in [4.69, 9.17) is 16.6 Å². The third-order valence-corrected chi connectivity index (χ3v) is 5.67. The monoisotopic (exact) mass is 461 g/mol. The Hall–Kier alpha value is -2.71. The molecule has 0 saturated carbocycles. The molecular formula is C22H24ClN3O4S. The molecule has 1 atom stereocenters. The van der Waals surface area contributed by atoms with Gasteiger partial charge in [0.15, 0.2) is 0 Å². The maximum atomic E-state index is 13.4. The number of halogens is 1. The number of amides is 2. The summed E-state index contributed by atoms with van der Waals surface area (Å²) < 4.78 is 24.6. The smallest absolute Gasteiger partial charge is 0.252 e. The first kappa shape index (κ1) is 23.0. The first-order valence-electron chi connectivity index (χ1n) is 9.82. The number of hydrogen-bond donors (Lipinski definition) is 1. The lowest BCUT2D eigenvalue weighted by Crippen LogP contribution is -2.42. The Morgan fingerprint density at radius 3 is 2.48 bits per heavy atom. The number of hydrogen-bond acceptors (Lipinski definition) is 5. The third-order valence-electron chi connectivity index (χ3n) is 4.83. The van der Waals surface area contributed by atoms with Gasteiger partial charge in [0.05, 0.1) is 17.7 Å². The van der Waals surface area contributed by atoms with Gasteiger partial charge < -0.3 is 4.90 Å². The van der Waals surface area contributed by atoms with Gasteiger partial charge in [0.25, 0.3) is 5.91 Å². The van der Waals surface area contributed by atoms with Gasteiger partial charge in [0.1, 0.15) is 6.04 Å². The van der Waals surface area contributed by atoms with E-state index in [0.717, 1.165) is 11.8 Å². The summed E-state index contributed by atoms with van der Waals surface area (Å²) in [7, 11) is -3.68. The van der Waals surface area contributed by atoms with E-state index < -0.39 is 22.0 Å². The Morgan fingerprint density at radius 1 is 1.19 bits per heavy atom. The average Bonchev–Trinajstić information content (AvgIpc) is 2.80. The molecule has 0 bridgehead atoms. The van der Waals surface area contributed by atoms with Crippen LogP contribution in [0.5, 0.6) is 0 Å². The van der Waals surface area contributed by atoms with E-state index in [9.17, 15) is 18.0 Å². The van der Waals surface area contributed by atoms with Crippen molar-refractivity contribution in [1.82, 2.24) is 4.72 Å². The SMILES string of the molecule is CC(C)C1N=C(c2ccccc2)c2cc(Cl)ccc2N(CCC(=O)NS(C)(=O)=O)C1=O. The number of aliphatic imine (C=N–C) groups is 1. The van der Waals surface area contributed by atoms with Crippen LogP contribution < -0.4 is 9.62 Å². The molecule has 7 nitrogen and oxygen atoms in total. The Balaban J connectivity index is 2.08. The van der Waals surface area contributed by atoms with Gasteiger partial charge in [-0.05, 0) is 24.1 Å². The molecule has 2 aromatic carbocycles. The molecule has 0 aliphatic carbocycles. The fourth-order valence-corrected chi connectivity index (χ4v) is 4.13. The molecule has 31 heavy (non-hydrogen) atoms. The number of benzodiazepines with no additional fused rings is 1. The lowest BCUT2D eigenvalue weighted by atomic mass is 10.00. The summed E-state index contributed by atoms with van der Waals surface area (Å²) in [6.07, 6.45) is 0.737. The lowest BCUT2D eigenvalue weighted by molar-refractivity contribution is -0.121. The van der Waals surface area contributed by atoms with Gasteiger partial charge in [-0.2, -0.15) is 0 Å². The van der Waals surface area contributed by atoms with Crippen molar-refractivity contribution < 1.29 is 18.0 Å². The molecule has 9 heteroatoms. The Kier molecular flexibility index (Phi) is 6.81. The number of sulfonamides is 1. The molecule has 2 aromatic rings. The molecular weight excluding hydrogens is 438 g/mol. The fraction of sp³-hybridized carbons (Fsp3) is 0.318. The summed E-state index contributed by atoms with van der Waals surface area (Å²) in [5.41, 5.74) is 2.75. The molecule has 1 heterocycles. The van der Waals surface area contributed by atoms with Crippen LogP contribution in [0.1, 0.15) is 31.4 Å². The highest BCUT2D eigenvalue weighted by Crippen LogP contribution is 2.32. The number of nitrogens with one attached hydrogen (secondary N) is 1. The van der Waals surface area contributed by atoms with Crippen molar-refractivity contribution in [2.75, 3.05) is 17.7 Å². The van der Waals surface area contributed by atoms with E-state index in [-0.39, 0.29) is 24.8 Å². The van der Waals surface area contributed by atoms with E-state index in [1.165, 1.54) is 4.90 Å². The summed E-state index contributed by atoms with van der Waals surface area (Å²) in [6.45, 7) is 3.83. The molecule has 1 N–H and O–H groups in total. The molecule has 0 fully saturated rings. The second-order valence-electron chi connectivity index (χ2n) is 7.73. The van der Waals surface area contributed by atoms with Gasteiger partial charge in [-0.25, -0.2) is 8.42 Å². The van der Waals surface area contributed by atoms with Crippen molar-refractivity contribution in [3.05, 3.63) is 64.7 Å². The molecule has 0 aromatic heterocycles. The van der Waals surface area contributed by atoms with Gasteiger partial charge in [0, 0.05) is 29.1 Å². The standard InChI is InChI=1S/C22H24ClN3O4S/c1-14(2)20-22(28)26(12-11-19(27)25-31(3,29)30)18-10-9-16(23)13-17(18)21(24-20)15-7-5-4-6-8-15/h4-10,13-14,20H,11-12H2,1-3H3,(H,25,27). The van der Waals surface area contributed by atoms with Crippen LogP contribution >= 0.6 is 11.6 Å². The Labute approximate surface area is 187 Å². The minimum Gasteiger partial charge on any atom is -0.309 e. The lowest BCUT2D eigenvalue weighted by Gasteiger charge is -2.26. The van der Waals surface area contributed by atoms with Crippen LogP contribution in [0.2, 0.25) is 5.02 Å². The summed E-state index contributed by atoms with van der Waals surface area (Å²) in [6, 6.07) is 14.0. The van der Waals surface area contributed by atoms with E-state index in [1.54, 1.807) is 18.2 Å². The van der Waals surface area contributed by atoms with Gasteiger partial charge >= 0.3 is 0 Å². The Bertz CT molecular complexity index is 1130. The van der Waals surface area contributed by atoms with E-state index in [1.807, 2.05) is 48.9 Å². The van der Waals surface area contributed by atoms with Gasteiger partial charge in [-0.15, -0.1) is 0 Å². The number of rotatable bonds is 6. The van der Waals surface area contributed by atoms with Crippen LogP contribution in [-0.4, -0.2) is 44.8 Å². The van der Waals surface area contributed by atoms with Crippen LogP contribution in [0.25, 0.3) is 0 Å². The molecule has 1 unspecified atom stereocenters. The van der Waals surface area contributed by atoms with E-state index >= 15 is 0 Å². The maximum absolute atomic E-state index is 13.4. The first-order valence-corrected chi connectivity index (χ1v) is 12.1. The van der Waals surface area contributed by atoms with Gasteiger partial charge in [-0.3, -0.25) is 19.3 Å². The average molecular weight is 462 g/mol. The molecule has 0 radical (unpaired) electrons. The van der Waals surface area contributed by atoms with Crippen molar-refractivity contribution in [3.63, 3.8) is 0 Å². The van der Waals surface area contributed by atoms with Crippen LogP contribution in [-0.2, 0) is 19.6 Å². The molecule has 0 spiro atoms. The predicted molar refractivity (Wildman–Crippen MR) is 122 cm³/mol. The molecule has 164 valence electrons. The van der Waals surface area contributed by atoms with E-state index in [2.05, 4.69) is 0 Å². The van der Waals surface area contributed by atoms with Gasteiger partial charge in [-0.1, -0.05) is 55.8 Å².